The van der Waals surface area contributed by atoms with Gasteiger partial charge in [-0.2, -0.15) is 0 Å². The number of benzene rings is 2. The molecule has 0 saturated heterocycles. The van der Waals surface area contributed by atoms with Gasteiger partial charge in [-0.25, -0.2) is 4.98 Å². The van der Waals surface area contributed by atoms with Crippen molar-refractivity contribution in [1.82, 2.24) is 4.98 Å². The molecule has 0 unspecified atom stereocenters. The van der Waals surface area contributed by atoms with Gasteiger partial charge < -0.3 is 15.2 Å². The Morgan fingerprint density at radius 1 is 1.08 bits per heavy atom. The number of carbonyl (C=O) groups is 1. The Labute approximate surface area is 152 Å². The van der Waals surface area contributed by atoms with Crippen LogP contribution >= 0.6 is 0 Å². The Bertz CT molecular complexity index is 996. The normalized spacial score (nSPS) is 10.8. The van der Waals surface area contributed by atoms with E-state index in [2.05, 4.69) is 0 Å². The largest absolute Gasteiger partial charge is 0.496 e. The molecule has 134 valence electrons. The first-order valence-electron chi connectivity index (χ1n) is 8.35. The molecule has 0 radical (unpaired) electrons. The van der Waals surface area contributed by atoms with Crippen LogP contribution in [0.2, 0.25) is 0 Å². The molecule has 5 heteroatoms. The standard InChI is InChI=1S/C21H22N2O3/c1-12-9-17(16-7-8-19(25-3)13(2)21(16)26-4)23-18-10-14(11-20(22)24)5-6-15(12)18/h5-10H,11H2,1-4H3,(H2,22,24). The first-order chi connectivity index (χ1) is 12.4. The monoisotopic (exact) mass is 350 g/mol. The number of methoxy groups -OCH3 is 2. The maximum atomic E-state index is 11.2. The van der Waals surface area contributed by atoms with Crippen molar-refractivity contribution in [2.45, 2.75) is 20.3 Å². The molecule has 2 N–H and O–H groups in total. The first kappa shape index (κ1) is 17.7. The number of primary amides is 1. The number of hydrogen-bond donors (Lipinski definition) is 1. The second-order valence-electron chi connectivity index (χ2n) is 6.29. The highest BCUT2D eigenvalue weighted by Crippen LogP contribution is 2.38. The fourth-order valence-electron chi connectivity index (χ4n) is 3.26. The molecular formula is C21H22N2O3. The molecule has 5 nitrogen and oxygen atoms in total. The summed E-state index contributed by atoms with van der Waals surface area (Å²) in [4.78, 5) is 16.0. The van der Waals surface area contributed by atoms with Crippen LogP contribution in [0.3, 0.4) is 0 Å². The van der Waals surface area contributed by atoms with Crippen molar-refractivity contribution in [2.24, 2.45) is 5.73 Å². The summed E-state index contributed by atoms with van der Waals surface area (Å²) in [6.45, 7) is 4.00. The van der Waals surface area contributed by atoms with Gasteiger partial charge in [0.1, 0.15) is 11.5 Å². The molecule has 0 saturated carbocycles. The van der Waals surface area contributed by atoms with E-state index in [1.165, 1.54) is 0 Å². The third-order valence-corrected chi connectivity index (χ3v) is 4.52. The van der Waals surface area contributed by atoms with Crippen molar-refractivity contribution in [3.05, 3.63) is 53.1 Å². The lowest BCUT2D eigenvalue weighted by molar-refractivity contribution is -0.117. The van der Waals surface area contributed by atoms with Crippen LogP contribution in [-0.2, 0) is 11.2 Å². The van der Waals surface area contributed by atoms with Crippen molar-refractivity contribution < 1.29 is 14.3 Å². The zero-order valence-electron chi connectivity index (χ0n) is 15.4. The van der Waals surface area contributed by atoms with Crippen molar-refractivity contribution in [3.8, 4) is 22.8 Å². The molecule has 3 aromatic rings. The van der Waals surface area contributed by atoms with Crippen LogP contribution in [0, 0.1) is 13.8 Å². The van der Waals surface area contributed by atoms with Gasteiger partial charge in [-0.15, -0.1) is 0 Å². The Kier molecular flexibility index (Phi) is 4.80. The van der Waals surface area contributed by atoms with E-state index < -0.39 is 0 Å². The summed E-state index contributed by atoms with van der Waals surface area (Å²) in [5.74, 6) is 1.15. The average molecular weight is 350 g/mol. The predicted octanol–water partition coefficient (Wildman–Crippen LogP) is 3.56. The van der Waals surface area contributed by atoms with Crippen LogP contribution in [0.25, 0.3) is 22.2 Å². The number of hydrogen-bond acceptors (Lipinski definition) is 4. The SMILES string of the molecule is COc1ccc(-c2cc(C)c3ccc(CC(N)=O)cc3n2)c(OC)c1C. The number of ether oxygens (including phenoxy) is 2. The number of nitrogens with zero attached hydrogens (tertiary/aromatic N) is 1. The number of aryl methyl sites for hydroxylation is 1. The van der Waals surface area contributed by atoms with Gasteiger partial charge in [-0.1, -0.05) is 12.1 Å². The number of nitrogens with two attached hydrogens (primary N) is 1. The van der Waals surface area contributed by atoms with Gasteiger partial charge in [0.15, 0.2) is 0 Å². The number of carbonyl (C=O) groups excluding carboxylic acids is 1. The zero-order chi connectivity index (χ0) is 18.8. The number of aromatic nitrogens is 1. The Hall–Kier alpha value is -3.08. The zero-order valence-corrected chi connectivity index (χ0v) is 15.4. The van der Waals surface area contributed by atoms with Crippen molar-refractivity contribution in [3.63, 3.8) is 0 Å². The minimum atomic E-state index is -0.357. The van der Waals surface area contributed by atoms with E-state index in [9.17, 15) is 4.79 Å². The molecule has 0 aliphatic heterocycles. The highest BCUT2D eigenvalue weighted by atomic mass is 16.5. The van der Waals surface area contributed by atoms with Crippen LogP contribution in [0.15, 0.2) is 36.4 Å². The Morgan fingerprint density at radius 2 is 1.85 bits per heavy atom. The van der Waals surface area contributed by atoms with E-state index in [0.717, 1.165) is 50.3 Å². The quantitative estimate of drug-likeness (QED) is 0.763. The fraction of sp³-hybridized carbons (Fsp3) is 0.238. The highest BCUT2D eigenvalue weighted by Gasteiger charge is 2.15. The Balaban J connectivity index is 2.19. The van der Waals surface area contributed by atoms with Gasteiger partial charge in [0.05, 0.1) is 31.9 Å². The van der Waals surface area contributed by atoms with E-state index in [1.54, 1.807) is 14.2 Å². The van der Waals surface area contributed by atoms with Crippen molar-refractivity contribution in [1.29, 1.82) is 0 Å². The van der Waals surface area contributed by atoms with E-state index >= 15 is 0 Å². The molecule has 3 rings (SSSR count). The van der Waals surface area contributed by atoms with Crippen LogP contribution in [0.4, 0.5) is 0 Å². The summed E-state index contributed by atoms with van der Waals surface area (Å²) in [6, 6.07) is 11.7. The summed E-state index contributed by atoms with van der Waals surface area (Å²) in [6.07, 6.45) is 0.200. The molecule has 1 heterocycles. The predicted molar refractivity (Wildman–Crippen MR) is 103 cm³/mol. The molecular weight excluding hydrogens is 328 g/mol. The molecule has 0 aliphatic rings. The van der Waals surface area contributed by atoms with Gasteiger partial charge in [-0.05, 0) is 49.2 Å². The molecule has 0 spiro atoms. The fourth-order valence-corrected chi connectivity index (χ4v) is 3.26. The Morgan fingerprint density at radius 3 is 2.50 bits per heavy atom. The molecule has 0 atom stereocenters. The third kappa shape index (κ3) is 3.20. The van der Waals surface area contributed by atoms with Gasteiger partial charge in [0, 0.05) is 16.5 Å². The lowest BCUT2D eigenvalue weighted by Gasteiger charge is -2.15. The third-order valence-electron chi connectivity index (χ3n) is 4.52. The summed E-state index contributed by atoms with van der Waals surface area (Å²) >= 11 is 0. The maximum absolute atomic E-state index is 11.2. The molecule has 0 bridgehead atoms. The number of amides is 1. The second-order valence-corrected chi connectivity index (χ2v) is 6.29. The number of rotatable bonds is 5. The van der Waals surface area contributed by atoms with Gasteiger partial charge in [0.25, 0.3) is 0 Å². The van der Waals surface area contributed by atoms with Gasteiger partial charge in [0.2, 0.25) is 5.91 Å². The molecule has 2 aromatic carbocycles. The summed E-state index contributed by atoms with van der Waals surface area (Å²) < 4.78 is 11.0. The first-order valence-corrected chi connectivity index (χ1v) is 8.35. The molecule has 0 fully saturated rings. The highest BCUT2D eigenvalue weighted by molar-refractivity contribution is 5.87. The molecule has 1 amide bonds. The van der Waals surface area contributed by atoms with E-state index in [0.29, 0.717) is 0 Å². The molecule has 0 aliphatic carbocycles. The molecule has 1 aromatic heterocycles. The molecule has 26 heavy (non-hydrogen) atoms. The average Bonchev–Trinajstić information content (AvgIpc) is 2.60. The van der Waals surface area contributed by atoms with E-state index in [-0.39, 0.29) is 12.3 Å². The summed E-state index contributed by atoms with van der Waals surface area (Å²) in [5.41, 5.74) is 10.7. The van der Waals surface area contributed by atoms with Crippen LogP contribution in [0.1, 0.15) is 16.7 Å². The maximum Gasteiger partial charge on any atom is 0.221 e. The van der Waals surface area contributed by atoms with Crippen molar-refractivity contribution >= 4 is 16.8 Å². The van der Waals surface area contributed by atoms with Crippen LogP contribution in [-0.4, -0.2) is 25.1 Å². The van der Waals surface area contributed by atoms with Crippen LogP contribution < -0.4 is 15.2 Å². The summed E-state index contributed by atoms with van der Waals surface area (Å²) in [5, 5.41) is 1.05. The van der Waals surface area contributed by atoms with Crippen LogP contribution in [0.5, 0.6) is 11.5 Å². The lowest BCUT2D eigenvalue weighted by atomic mass is 10.0. The number of pyridine rings is 1. The topological polar surface area (TPSA) is 74.4 Å². The smallest absolute Gasteiger partial charge is 0.221 e. The minimum absolute atomic E-state index is 0.200. The lowest BCUT2D eigenvalue weighted by Crippen LogP contribution is -2.13. The van der Waals surface area contributed by atoms with Gasteiger partial charge in [-0.3, -0.25) is 4.79 Å². The second kappa shape index (κ2) is 7.04. The van der Waals surface area contributed by atoms with E-state index in [4.69, 9.17) is 20.2 Å². The summed E-state index contributed by atoms with van der Waals surface area (Å²) in [7, 11) is 3.28. The van der Waals surface area contributed by atoms with Gasteiger partial charge >= 0.3 is 0 Å². The van der Waals surface area contributed by atoms with Crippen molar-refractivity contribution in [2.75, 3.05) is 14.2 Å². The van der Waals surface area contributed by atoms with E-state index in [1.807, 2.05) is 50.2 Å². The number of fused-ring (bicyclic) bond motifs is 1. The minimum Gasteiger partial charge on any atom is -0.496 e.